The van der Waals surface area contributed by atoms with Crippen LogP contribution in [0.4, 0.5) is 5.69 Å². The van der Waals surface area contributed by atoms with Crippen molar-refractivity contribution in [2.24, 2.45) is 27.7 Å². The molecule has 30 heavy (non-hydrogen) atoms. The molecule has 0 saturated heterocycles. The third kappa shape index (κ3) is 14.6. The third-order valence-electron chi connectivity index (χ3n) is 3.06. The lowest BCUT2D eigenvalue weighted by atomic mass is 10.1. The Morgan fingerprint density at radius 1 is 1.17 bits per heavy atom. The van der Waals surface area contributed by atoms with Crippen molar-refractivity contribution < 1.29 is 14.7 Å². The molecule has 0 saturated carbocycles. The normalized spacial score (nSPS) is 10.1. The van der Waals surface area contributed by atoms with Crippen molar-refractivity contribution in [2.75, 3.05) is 17.3 Å². The number of carboxylic acids is 1. The number of carbonyl (C=O) groups excluding carboxylic acids is 1. The fraction of sp³-hybridized carbons (Fsp3) is 0.524. The second kappa shape index (κ2) is 21.3. The molecule has 0 unspecified atom stereocenters. The molecular formula is C21H39N5O3S. The summed E-state index contributed by atoms with van der Waals surface area (Å²) in [7, 11) is 0. The zero-order chi connectivity index (χ0) is 24.1. The molecule has 8 nitrogen and oxygen atoms in total. The molecule has 1 aromatic rings. The molecule has 0 aliphatic heterocycles. The highest BCUT2D eigenvalue weighted by Gasteiger charge is 2.15. The van der Waals surface area contributed by atoms with E-state index in [0.717, 1.165) is 18.3 Å². The van der Waals surface area contributed by atoms with Crippen LogP contribution in [0.5, 0.6) is 0 Å². The van der Waals surface area contributed by atoms with Gasteiger partial charge < -0.3 is 10.9 Å². The van der Waals surface area contributed by atoms with Crippen LogP contribution in [-0.4, -0.2) is 40.5 Å². The van der Waals surface area contributed by atoms with Crippen molar-refractivity contribution in [1.82, 2.24) is 0 Å². The van der Waals surface area contributed by atoms with Gasteiger partial charge in [0.25, 0.3) is 0 Å². The third-order valence-corrected chi connectivity index (χ3v) is 4.05. The minimum Gasteiger partial charge on any atom is -0.478 e. The van der Waals surface area contributed by atoms with E-state index in [-0.39, 0.29) is 28.2 Å². The van der Waals surface area contributed by atoms with Gasteiger partial charge in [-0.1, -0.05) is 53.3 Å². The van der Waals surface area contributed by atoms with E-state index in [0.29, 0.717) is 5.69 Å². The Kier molecular flexibility index (Phi) is 22.9. The first-order valence-electron chi connectivity index (χ1n) is 10.0. The number of hydrogen-bond donors (Lipinski definition) is 3. The van der Waals surface area contributed by atoms with E-state index in [9.17, 15) is 9.59 Å². The molecule has 0 heterocycles. The maximum Gasteiger partial charge on any atom is 0.335 e. The minimum atomic E-state index is -1.02. The van der Waals surface area contributed by atoms with Gasteiger partial charge in [-0.2, -0.15) is 5.10 Å². The molecule has 5 N–H and O–H groups in total. The van der Waals surface area contributed by atoms with E-state index in [2.05, 4.69) is 10.1 Å². The first-order valence-corrected chi connectivity index (χ1v) is 11.0. The first-order chi connectivity index (χ1) is 14.3. The van der Waals surface area contributed by atoms with Crippen LogP contribution in [0.3, 0.4) is 0 Å². The van der Waals surface area contributed by atoms with Crippen LogP contribution in [0.1, 0.15) is 65.7 Å². The number of hydrogen-bond acceptors (Lipinski definition) is 7. The number of hydrazone groups is 1. The maximum absolute atomic E-state index is 11.6. The van der Waals surface area contributed by atoms with Crippen molar-refractivity contribution in [3.8, 4) is 0 Å². The fourth-order valence-electron chi connectivity index (χ4n) is 1.53. The van der Waals surface area contributed by atoms with E-state index in [1.807, 2.05) is 55.4 Å². The Labute approximate surface area is 185 Å². The Bertz CT molecular complexity index is 632. The molecule has 0 spiro atoms. The highest BCUT2D eigenvalue weighted by atomic mass is 32.2. The van der Waals surface area contributed by atoms with Crippen LogP contribution in [0, 0.1) is 5.92 Å². The summed E-state index contributed by atoms with van der Waals surface area (Å²) in [6.07, 6.45) is 1.81. The zero-order valence-electron chi connectivity index (χ0n) is 19.5. The lowest BCUT2D eigenvalue weighted by Gasteiger charge is -2.19. The number of hydrazine groups is 1. The van der Waals surface area contributed by atoms with Crippen molar-refractivity contribution in [2.45, 2.75) is 55.4 Å². The van der Waals surface area contributed by atoms with Crippen molar-refractivity contribution >= 4 is 40.6 Å². The molecule has 0 aliphatic carbocycles. The van der Waals surface area contributed by atoms with Gasteiger partial charge in [0.05, 0.1) is 17.0 Å². The molecule has 0 atom stereocenters. The number of amidine groups is 1. The number of benzene rings is 1. The summed E-state index contributed by atoms with van der Waals surface area (Å²) >= 11 is 1.13. The summed E-state index contributed by atoms with van der Waals surface area (Å²) < 4.78 is 0. The summed E-state index contributed by atoms with van der Waals surface area (Å²) in [5.74, 6) is 10.4. The summed E-state index contributed by atoms with van der Waals surface area (Å²) in [5.41, 5.74) is 0.676. The van der Waals surface area contributed by atoms with Crippen molar-refractivity contribution in [3.63, 3.8) is 0 Å². The first kappa shape index (κ1) is 32.3. The van der Waals surface area contributed by atoms with Crippen LogP contribution >= 0.6 is 11.8 Å². The lowest BCUT2D eigenvalue weighted by Crippen LogP contribution is -2.37. The average molecular weight is 442 g/mol. The number of carbonyl (C=O) groups is 2. The van der Waals surface area contributed by atoms with Crippen molar-refractivity contribution in [1.29, 1.82) is 0 Å². The number of ketones is 1. The molecule has 172 valence electrons. The van der Waals surface area contributed by atoms with Gasteiger partial charge in [0.2, 0.25) is 5.17 Å². The average Bonchev–Trinajstić information content (AvgIpc) is 2.77. The number of carboxylic acid groups (broad SMARTS) is 1. The van der Waals surface area contributed by atoms with Gasteiger partial charge in [-0.15, -0.1) is 0 Å². The number of nitrogens with two attached hydrogens (primary N) is 2. The summed E-state index contributed by atoms with van der Waals surface area (Å²) in [6.45, 7) is 16.5. The van der Waals surface area contributed by atoms with Gasteiger partial charge in [-0.25, -0.2) is 10.6 Å². The molecule has 0 bridgehead atoms. The van der Waals surface area contributed by atoms with Crippen LogP contribution < -0.4 is 16.7 Å². The smallest absolute Gasteiger partial charge is 0.335 e. The quantitative estimate of drug-likeness (QED) is 0.258. The highest BCUT2D eigenvalue weighted by molar-refractivity contribution is 8.14. The minimum absolute atomic E-state index is 0.0655. The summed E-state index contributed by atoms with van der Waals surface area (Å²) in [5, 5.41) is 13.9. The SMILES string of the molecule is CC.CC.CC(C)C(=O)CS/C(=N/N)N(N)c1ccc(C(=O)O)cc1.CC=NCC. The second-order valence-electron chi connectivity index (χ2n) is 5.30. The zero-order valence-corrected chi connectivity index (χ0v) is 20.4. The topological polar surface area (TPSA) is 134 Å². The predicted molar refractivity (Wildman–Crippen MR) is 131 cm³/mol. The maximum atomic E-state index is 11.6. The summed E-state index contributed by atoms with van der Waals surface area (Å²) in [6, 6.07) is 5.93. The Balaban J connectivity index is -0.000000692. The summed E-state index contributed by atoms with van der Waals surface area (Å²) in [4.78, 5) is 26.2. The number of rotatable bonds is 6. The highest BCUT2D eigenvalue weighted by Crippen LogP contribution is 2.18. The van der Waals surface area contributed by atoms with E-state index >= 15 is 0 Å². The largest absolute Gasteiger partial charge is 0.478 e. The number of aromatic carboxylic acids is 1. The molecule has 0 amide bonds. The molecule has 1 aromatic carbocycles. The fourth-order valence-corrected chi connectivity index (χ4v) is 2.45. The molecule has 0 aromatic heterocycles. The van der Waals surface area contributed by atoms with E-state index < -0.39 is 5.97 Å². The van der Waals surface area contributed by atoms with Crippen molar-refractivity contribution in [3.05, 3.63) is 29.8 Å². The number of nitrogens with zero attached hydrogens (tertiary/aromatic N) is 3. The second-order valence-corrected chi connectivity index (χ2v) is 6.24. The van der Waals surface area contributed by atoms with Gasteiger partial charge in [0, 0.05) is 12.5 Å². The lowest BCUT2D eigenvalue weighted by molar-refractivity contribution is -0.119. The molecule has 9 heteroatoms. The Hall–Kier alpha value is -2.39. The Morgan fingerprint density at radius 3 is 1.97 bits per heavy atom. The van der Waals surface area contributed by atoms with Crippen LogP contribution in [0.15, 0.2) is 34.4 Å². The molecule has 0 radical (unpaired) electrons. The van der Waals surface area contributed by atoms with Crippen LogP contribution in [0.2, 0.25) is 0 Å². The van der Waals surface area contributed by atoms with E-state index in [1.165, 1.54) is 17.1 Å². The Morgan fingerprint density at radius 2 is 1.67 bits per heavy atom. The van der Waals surface area contributed by atoms with Crippen LogP contribution in [-0.2, 0) is 4.79 Å². The monoisotopic (exact) mass is 441 g/mol. The molecular weight excluding hydrogens is 402 g/mol. The number of anilines is 1. The van der Waals surface area contributed by atoms with Gasteiger partial charge >= 0.3 is 5.97 Å². The van der Waals surface area contributed by atoms with Gasteiger partial charge in [-0.3, -0.25) is 14.8 Å². The van der Waals surface area contributed by atoms with Gasteiger partial charge in [0.1, 0.15) is 5.78 Å². The standard InChI is InChI=1S/C13H18N4O3S.C4H9N.2C2H6/c1-8(2)11(18)7-21-13(16-14)17(15)10-5-3-9(4-6-10)12(19)20;1-3-5-4-2;2*1-2/h3-6,8H,7,14-15H2,1-2H3,(H,19,20);3H,4H2,1-2H3;2*1-2H3/b16-13+;;;. The molecule has 1 rings (SSSR count). The number of thioether (sulfide) groups is 1. The van der Waals surface area contributed by atoms with E-state index in [1.54, 1.807) is 18.3 Å². The van der Waals surface area contributed by atoms with Gasteiger partial charge in [-0.05, 0) is 44.3 Å². The molecule has 0 aliphatic rings. The van der Waals surface area contributed by atoms with Gasteiger partial charge in [0.15, 0.2) is 0 Å². The predicted octanol–water partition coefficient (Wildman–Crippen LogP) is 4.40. The molecule has 0 fully saturated rings. The van der Waals surface area contributed by atoms with E-state index in [4.69, 9.17) is 16.8 Å². The number of Topliss-reactive ketones (excluding diaryl/α,β-unsaturated/α-hetero) is 1. The number of aliphatic imine (C=N–C) groups is 1. The van der Waals surface area contributed by atoms with Crippen LogP contribution in [0.25, 0.3) is 0 Å².